The standard InChI is InChI=1S/C15H21ClN4O2.HI/c1-22-13-6-5-11(9-12(13)16)19-15(17)18-10-14(21)20-7-3-2-4-8-20;/h5-6,9H,2-4,7-8,10H2,1H3,(H3,17,18,19);1H. The van der Waals surface area contributed by atoms with Gasteiger partial charge in [-0.05, 0) is 37.5 Å². The molecule has 128 valence electrons. The van der Waals surface area contributed by atoms with E-state index < -0.39 is 0 Å². The van der Waals surface area contributed by atoms with Crippen LogP contribution in [0, 0.1) is 0 Å². The van der Waals surface area contributed by atoms with Crippen molar-refractivity contribution >= 4 is 53.1 Å². The molecule has 0 spiro atoms. The maximum absolute atomic E-state index is 12.0. The summed E-state index contributed by atoms with van der Waals surface area (Å²) in [5.74, 6) is 0.784. The number of likely N-dealkylation sites (tertiary alicyclic amines) is 1. The Hall–Kier alpha value is -1.22. The number of carbonyl (C=O) groups is 1. The van der Waals surface area contributed by atoms with Crippen molar-refractivity contribution in [3.8, 4) is 5.75 Å². The summed E-state index contributed by atoms with van der Waals surface area (Å²) in [5.41, 5.74) is 6.49. The van der Waals surface area contributed by atoms with Crippen molar-refractivity contribution in [1.82, 2.24) is 4.90 Å². The molecular formula is C15H22ClIN4O2. The van der Waals surface area contributed by atoms with Crippen LogP contribution in [-0.2, 0) is 4.79 Å². The summed E-state index contributed by atoms with van der Waals surface area (Å²) in [7, 11) is 1.55. The lowest BCUT2D eigenvalue weighted by atomic mass is 10.1. The van der Waals surface area contributed by atoms with Gasteiger partial charge in [-0.1, -0.05) is 11.6 Å². The van der Waals surface area contributed by atoms with Crippen molar-refractivity contribution in [3.63, 3.8) is 0 Å². The van der Waals surface area contributed by atoms with Gasteiger partial charge in [-0.15, -0.1) is 24.0 Å². The van der Waals surface area contributed by atoms with E-state index in [0.29, 0.717) is 16.5 Å². The molecule has 0 atom stereocenters. The quantitative estimate of drug-likeness (QED) is 0.418. The third-order valence-corrected chi connectivity index (χ3v) is 3.81. The number of amides is 1. The Morgan fingerprint density at radius 2 is 2.09 bits per heavy atom. The van der Waals surface area contributed by atoms with E-state index in [4.69, 9.17) is 22.1 Å². The van der Waals surface area contributed by atoms with E-state index in [1.54, 1.807) is 25.3 Å². The number of nitrogens with two attached hydrogens (primary N) is 1. The average Bonchev–Trinajstić information content (AvgIpc) is 2.53. The molecular weight excluding hydrogens is 431 g/mol. The van der Waals surface area contributed by atoms with E-state index in [1.807, 2.05) is 4.90 Å². The first-order valence-electron chi connectivity index (χ1n) is 7.28. The van der Waals surface area contributed by atoms with Crippen LogP contribution >= 0.6 is 35.6 Å². The number of carbonyl (C=O) groups excluding carboxylic acids is 1. The molecule has 6 nitrogen and oxygen atoms in total. The number of halogens is 2. The molecule has 0 radical (unpaired) electrons. The van der Waals surface area contributed by atoms with Crippen LogP contribution in [0.1, 0.15) is 19.3 Å². The molecule has 1 aliphatic rings. The minimum Gasteiger partial charge on any atom is -0.495 e. The van der Waals surface area contributed by atoms with Gasteiger partial charge in [0.05, 0.1) is 12.1 Å². The Morgan fingerprint density at radius 1 is 1.39 bits per heavy atom. The molecule has 1 heterocycles. The summed E-state index contributed by atoms with van der Waals surface area (Å²) >= 11 is 6.04. The Balaban J connectivity index is 0.00000264. The first-order chi connectivity index (χ1) is 10.6. The minimum absolute atomic E-state index is 0. The molecule has 1 saturated heterocycles. The van der Waals surface area contributed by atoms with E-state index >= 15 is 0 Å². The highest BCUT2D eigenvalue weighted by molar-refractivity contribution is 14.0. The fourth-order valence-corrected chi connectivity index (χ4v) is 2.59. The second-order valence-corrected chi connectivity index (χ2v) is 5.52. The number of ether oxygens (including phenoxy) is 1. The van der Waals surface area contributed by atoms with Gasteiger partial charge in [0.1, 0.15) is 12.3 Å². The van der Waals surface area contributed by atoms with Crippen LogP contribution < -0.4 is 15.8 Å². The molecule has 1 amide bonds. The van der Waals surface area contributed by atoms with Crippen LogP contribution in [0.3, 0.4) is 0 Å². The summed E-state index contributed by atoms with van der Waals surface area (Å²) in [4.78, 5) is 17.9. The van der Waals surface area contributed by atoms with Gasteiger partial charge in [0.25, 0.3) is 0 Å². The normalized spacial score (nSPS) is 14.9. The number of piperidine rings is 1. The molecule has 2 rings (SSSR count). The molecule has 3 N–H and O–H groups in total. The minimum atomic E-state index is 0. The molecule has 1 aromatic rings. The monoisotopic (exact) mass is 452 g/mol. The lowest BCUT2D eigenvalue weighted by molar-refractivity contribution is -0.130. The maximum atomic E-state index is 12.0. The number of anilines is 1. The van der Waals surface area contributed by atoms with Gasteiger partial charge in [-0.25, -0.2) is 4.99 Å². The van der Waals surface area contributed by atoms with Crippen LogP contribution in [0.2, 0.25) is 5.02 Å². The zero-order chi connectivity index (χ0) is 15.9. The van der Waals surface area contributed by atoms with Crippen LogP contribution in [0.15, 0.2) is 23.2 Å². The first kappa shape index (κ1) is 19.8. The zero-order valence-electron chi connectivity index (χ0n) is 13.0. The van der Waals surface area contributed by atoms with Gasteiger partial charge in [-0.2, -0.15) is 0 Å². The summed E-state index contributed by atoms with van der Waals surface area (Å²) in [5, 5.41) is 3.39. The lowest BCUT2D eigenvalue weighted by Crippen LogP contribution is -2.37. The number of rotatable bonds is 4. The van der Waals surface area contributed by atoms with E-state index in [2.05, 4.69) is 10.3 Å². The summed E-state index contributed by atoms with van der Waals surface area (Å²) in [6.45, 7) is 1.69. The molecule has 0 aromatic heterocycles. The van der Waals surface area contributed by atoms with Crippen molar-refractivity contribution in [2.24, 2.45) is 10.7 Å². The highest BCUT2D eigenvalue weighted by Gasteiger charge is 2.15. The molecule has 1 fully saturated rings. The van der Waals surface area contributed by atoms with Gasteiger partial charge in [0.15, 0.2) is 5.96 Å². The molecule has 1 aromatic carbocycles. The average molecular weight is 453 g/mol. The van der Waals surface area contributed by atoms with Crippen LogP contribution in [-0.4, -0.2) is 43.5 Å². The smallest absolute Gasteiger partial charge is 0.244 e. The fraction of sp³-hybridized carbons (Fsp3) is 0.467. The van der Waals surface area contributed by atoms with E-state index in [0.717, 1.165) is 25.9 Å². The fourth-order valence-electron chi connectivity index (χ4n) is 2.33. The predicted octanol–water partition coefficient (Wildman–Crippen LogP) is 2.71. The third-order valence-electron chi connectivity index (χ3n) is 3.52. The molecule has 0 aliphatic carbocycles. The summed E-state index contributed by atoms with van der Waals surface area (Å²) in [6, 6.07) is 5.20. The van der Waals surface area contributed by atoms with Gasteiger partial charge < -0.3 is 20.7 Å². The summed E-state index contributed by atoms with van der Waals surface area (Å²) in [6.07, 6.45) is 3.32. The van der Waals surface area contributed by atoms with Gasteiger partial charge >= 0.3 is 0 Å². The second-order valence-electron chi connectivity index (χ2n) is 5.12. The lowest BCUT2D eigenvalue weighted by Gasteiger charge is -2.26. The molecule has 0 unspecified atom stereocenters. The third kappa shape index (κ3) is 6.06. The number of hydrogen-bond donors (Lipinski definition) is 2. The summed E-state index contributed by atoms with van der Waals surface area (Å²) < 4.78 is 5.08. The van der Waals surface area contributed by atoms with Gasteiger partial charge in [-0.3, -0.25) is 4.79 Å². The zero-order valence-corrected chi connectivity index (χ0v) is 16.1. The number of guanidine groups is 1. The highest BCUT2D eigenvalue weighted by Crippen LogP contribution is 2.26. The number of methoxy groups -OCH3 is 1. The van der Waals surface area contributed by atoms with Crippen molar-refractivity contribution in [3.05, 3.63) is 23.2 Å². The Bertz CT molecular complexity index is 562. The van der Waals surface area contributed by atoms with E-state index in [-0.39, 0.29) is 42.4 Å². The Morgan fingerprint density at radius 3 is 2.70 bits per heavy atom. The maximum Gasteiger partial charge on any atom is 0.244 e. The Kier molecular flexibility index (Phi) is 8.46. The number of aliphatic imine (C=N–C) groups is 1. The molecule has 23 heavy (non-hydrogen) atoms. The Labute approximate surface area is 158 Å². The molecule has 8 heteroatoms. The van der Waals surface area contributed by atoms with Gasteiger partial charge in [0, 0.05) is 18.8 Å². The van der Waals surface area contributed by atoms with Crippen molar-refractivity contribution in [2.45, 2.75) is 19.3 Å². The molecule has 0 bridgehead atoms. The molecule has 1 aliphatic heterocycles. The van der Waals surface area contributed by atoms with E-state index in [9.17, 15) is 4.79 Å². The van der Waals surface area contributed by atoms with Gasteiger partial charge in [0.2, 0.25) is 5.91 Å². The first-order valence-corrected chi connectivity index (χ1v) is 7.66. The van der Waals surface area contributed by atoms with Crippen molar-refractivity contribution in [1.29, 1.82) is 0 Å². The van der Waals surface area contributed by atoms with Crippen LogP contribution in [0.4, 0.5) is 5.69 Å². The topological polar surface area (TPSA) is 80.0 Å². The number of nitrogens with zero attached hydrogens (tertiary/aromatic N) is 2. The van der Waals surface area contributed by atoms with Crippen molar-refractivity contribution in [2.75, 3.05) is 32.1 Å². The van der Waals surface area contributed by atoms with Crippen LogP contribution in [0.25, 0.3) is 0 Å². The SMILES string of the molecule is COc1ccc(NC(N)=NCC(=O)N2CCCCC2)cc1Cl.I. The number of hydrogen-bond acceptors (Lipinski definition) is 3. The predicted molar refractivity (Wildman–Crippen MR) is 104 cm³/mol. The molecule has 0 saturated carbocycles. The van der Waals surface area contributed by atoms with Crippen molar-refractivity contribution < 1.29 is 9.53 Å². The highest BCUT2D eigenvalue weighted by atomic mass is 127. The van der Waals surface area contributed by atoms with Crippen LogP contribution in [0.5, 0.6) is 5.75 Å². The second kappa shape index (κ2) is 9.82. The number of benzene rings is 1. The van der Waals surface area contributed by atoms with E-state index in [1.165, 1.54) is 6.42 Å². The number of nitrogens with one attached hydrogen (secondary N) is 1. The largest absolute Gasteiger partial charge is 0.495 e.